The first kappa shape index (κ1) is 22.1. The van der Waals surface area contributed by atoms with Gasteiger partial charge in [-0.15, -0.1) is 0 Å². The summed E-state index contributed by atoms with van der Waals surface area (Å²) in [6.45, 7) is 12.6. The molecule has 0 bridgehead atoms. The molecule has 1 atom stereocenters. The number of nitrogens with one attached hydrogen (secondary N) is 2. The molecule has 0 amide bonds. The number of rotatable bonds is 16. The summed E-state index contributed by atoms with van der Waals surface area (Å²) in [4.78, 5) is 2.54. The molecule has 0 saturated heterocycles. The number of benzene rings is 1. The van der Waals surface area contributed by atoms with Crippen LogP contribution in [-0.2, 0) is 6.54 Å². The van der Waals surface area contributed by atoms with E-state index in [4.69, 9.17) is 5.73 Å². The van der Waals surface area contributed by atoms with Crippen molar-refractivity contribution in [1.29, 1.82) is 0 Å². The van der Waals surface area contributed by atoms with E-state index >= 15 is 0 Å². The lowest BCUT2D eigenvalue weighted by Crippen LogP contribution is -2.39. The smallest absolute Gasteiger partial charge is 0.0206 e. The Hall–Kier alpha value is -0.940. The molecule has 1 aromatic carbocycles. The van der Waals surface area contributed by atoms with Crippen LogP contribution in [0, 0.1) is 5.92 Å². The van der Waals surface area contributed by atoms with Crippen LogP contribution in [0.25, 0.3) is 0 Å². The van der Waals surface area contributed by atoms with E-state index in [-0.39, 0.29) is 0 Å². The third-order valence-corrected chi connectivity index (χ3v) is 4.76. The Bertz CT molecular complexity index is 396. The maximum Gasteiger partial charge on any atom is 0.0206 e. The molecule has 0 radical (unpaired) electrons. The topological polar surface area (TPSA) is 53.3 Å². The van der Waals surface area contributed by atoms with E-state index in [0.717, 1.165) is 51.7 Å². The van der Waals surface area contributed by atoms with Crippen molar-refractivity contribution in [2.45, 2.75) is 46.1 Å². The molecule has 4 N–H and O–H groups in total. The second kappa shape index (κ2) is 15.3. The van der Waals surface area contributed by atoms with Gasteiger partial charge in [-0.05, 0) is 17.9 Å². The van der Waals surface area contributed by atoms with Gasteiger partial charge in [0.05, 0.1) is 0 Å². The summed E-state index contributed by atoms with van der Waals surface area (Å²) in [6.07, 6.45) is 5.27. The number of unbranched alkanes of at least 4 members (excludes halogenated alkanes) is 1. The molecule has 0 heterocycles. The second-order valence-corrected chi connectivity index (χ2v) is 6.92. The number of hydrogen-bond donors (Lipinski definition) is 3. The first-order valence-corrected chi connectivity index (χ1v) is 10.2. The highest BCUT2D eigenvalue weighted by Crippen LogP contribution is 2.14. The number of hydrogen-bond acceptors (Lipinski definition) is 4. The van der Waals surface area contributed by atoms with Crippen LogP contribution in [0.3, 0.4) is 0 Å². The molecule has 0 aromatic heterocycles. The van der Waals surface area contributed by atoms with Gasteiger partial charge in [0.1, 0.15) is 0 Å². The molecule has 0 saturated carbocycles. The van der Waals surface area contributed by atoms with Crippen LogP contribution in [0.15, 0.2) is 30.3 Å². The lowest BCUT2D eigenvalue weighted by molar-refractivity contribution is 0.224. The molecule has 4 nitrogen and oxygen atoms in total. The number of nitrogens with zero attached hydrogens (tertiary/aromatic N) is 1. The van der Waals surface area contributed by atoms with Gasteiger partial charge in [0, 0.05) is 52.4 Å². The molecular formula is C21H40N4. The van der Waals surface area contributed by atoms with Crippen LogP contribution in [0.5, 0.6) is 0 Å². The molecule has 25 heavy (non-hydrogen) atoms. The van der Waals surface area contributed by atoms with Gasteiger partial charge >= 0.3 is 0 Å². The van der Waals surface area contributed by atoms with E-state index in [2.05, 4.69) is 59.7 Å². The van der Waals surface area contributed by atoms with Crippen molar-refractivity contribution in [1.82, 2.24) is 15.5 Å². The van der Waals surface area contributed by atoms with Crippen LogP contribution in [0.2, 0.25) is 0 Å². The maximum absolute atomic E-state index is 5.80. The standard InChI is InChI=1S/C21H40N4/c1-3-5-9-20(4-2)19-25(16-12-22)17-15-23-13-14-24-18-21-10-7-6-8-11-21/h6-8,10-11,20,23-24H,3-5,9,12-19,22H2,1-2H3. The Morgan fingerprint density at radius 1 is 1.00 bits per heavy atom. The highest BCUT2D eigenvalue weighted by molar-refractivity contribution is 5.14. The Kier molecular flexibility index (Phi) is 13.5. The van der Waals surface area contributed by atoms with Gasteiger partial charge in [0.15, 0.2) is 0 Å². The Morgan fingerprint density at radius 3 is 2.44 bits per heavy atom. The maximum atomic E-state index is 5.80. The highest BCUT2D eigenvalue weighted by atomic mass is 15.1. The third-order valence-electron chi connectivity index (χ3n) is 4.76. The zero-order valence-corrected chi connectivity index (χ0v) is 16.5. The van der Waals surface area contributed by atoms with E-state index in [1.807, 2.05) is 0 Å². The van der Waals surface area contributed by atoms with Gasteiger partial charge in [-0.25, -0.2) is 0 Å². The Morgan fingerprint density at radius 2 is 1.76 bits per heavy atom. The van der Waals surface area contributed by atoms with Gasteiger partial charge in [-0.1, -0.05) is 63.4 Å². The molecule has 0 fully saturated rings. The van der Waals surface area contributed by atoms with Crippen molar-refractivity contribution in [3.63, 3.8) is 0 Å². The van der Waals surface area contributed by atoms with Gasteiger partial charge in [0.25, 0.3) is 0 Å². The van der Waals surface area contributed by atoms with E-state index in [1.54, 1.807) is 0 Å². The van der Waals surface area contributed by atoms with E-state index in [9.17, 15) is 0 Å². The van der Waals surface area contributed by atoms with Crippen LogP contribution >= 0.6 is 0 Å². The highest BCUT2D eigenvalue weighted by Gasteiger charge is 2.11. The Balaban J connectivity index is 2.11. The SMILES string of the molecule is CCCCC(CC)CN(CCN)CCNCCNCc1ccccc1. The van der Waals surface area contributed by atoms with Crippen LogP contribution < -0.4 is 16.4 Å². The van der Waals surface area contributed by atoms with E-state index < -0.39 is 0 Å². The number of nitrogens with two attached hydrogens (primary N) is 1. The van der Waals surface area contributed by atoms with Crippen molar-refractivity contribution in [2.24, 2.45) is 11.7 Å². The molecule has 4 heteroatoms. The zero-order chi connectivity index (χ0) is 18.2. The first-order chi connectivity index (χ1) is 12.3. The zero-order valence-electron chi connectivity index (χ0n) is 16.5. The quantitative estimate of drug-likeness (QED) is 0.402. The molecule has 0 aliphatic heterocycles. The summed E-state index contributed by atoms with van der Waals surface area (Å²) in [7, 11) is 0. The normalized spacial score (nSPS) is 12.6. The minimum atomic E-state index is 0.753. The third kappa shape index (κ3) is 11.3. The largest absolute Gasteiger partial charge is 0.329 e. The molecule has 1 rings (SSSR count). The van der Waals surface area contributed by atoms with Crippen molar-refractivity contribution in [3.05, 3.63) is 35.9 Å². The van der Waals surface area contributed by atoms with Crippen LogP contribution in [0.4, 0.5) is 0 Å². The van der Waals surface area contributed by atoms with Gasteiger partial charge < -0.3 is 21.3 Å². The predicted molar refractivity (Wildman–Crippen MR) is 110 cm³/mol. The predicted octanol–water partition coefficient (Wildman–Crippen LogP) is 2.84. The monoisotopic (exact) mass is 348 g/mol. The summed E-state index contributed by atoms with van der Waals surface area (Å²) in [5.74, 6) is 0.819. The van der Waals surface area contributed by atoms with Crippen LogP contribution in [-0.4, -0.2) is 50.7 Å². The average Bonchev–Trinajstić information content (AvgIpc) is 2.65. The molecular weight excluding hydrogens is 308 g/mol. The molecule has 144 valence electrons. The second-order valence-electron chi connectivity index (χ2n) is 6.92. The van der Waals surface area contributed by atoms with Gasteiger partial charge in [-0.2, -0.15) is 0 Å². The van der Waals surface area contributed by atoms with Crippen molar-refractivity contribution < 1.29 is 0 Å². The van der Waals surface area contributed by atoms with E-state index in [0.29, 0.717) is 0 Å². The summed E-state index contributed by atoms with van der Waals surface area (Å²) in [5, 5.41) is 7.03. The van der Waals surface area contributed by atoms with Crippen molar-refractivity contribution in [2.75, 3.05) is 45.8 Å². The summed E-state index contributed by atoms with van der Waals surface area (Å²) in [6, 6.07) is 10.6. The fraction of sp³-hybridized carbons (Fsp3) is 0.714. The fourth-order valence-electron chi connectivity index (χ4n) is 3.13. The molecule has 0 aliphatic rings. The fourth-order valence-corrected chi connectivity index (χ4v) is 3.13. The lowest BCUT2D eigenvalue weighted by atomic mass is 9.98. The summed E-state index contributed by atoms with van der Waals surface area (Å²) < 4.78 is 0. The van der Waals surface area contributed by atoms with E-state index in [1.165, 1.54) is 37.8 Å². The molecule has 1 unspecified atom stereocenters. The molecule has 0 spiro atoms. The Labute approximate surface area is 155 Å². The lowest BCUT2D eigenvalue weighted by Gasteiger charge is -2.26. The van der Waals surface area contributed by atoms with Gasteiger partial charge in [0.2, 0.25) is 0 Å². The molecule has 1 aromatic rings. The molecule has 0 aliphatic carbocycles. The summed E-state index contributed by atoms with van der Waals surface area (Å²) >= 11 is 0. The van der Waals surface area contributed by atoms with Crippen LogP contribution in [0.1, 0.15) is 45.1 Å². The van der Waals surface area contributed by atoms with Crippen molar-refractivity contribution >= 4 is 0 Å². The summed E-state index contributed by atoms with van der Waals surface area (Å²) in [5.41, 5.74) is 7.14. The van der Waals surface area contributed by atoms with Gasteiger partial charge in [-0.3, -0.25) is 0 Å². The average molecular weight is 349 g/mol. The minimum Gasteiger partial charge on any atom is -0.329 e. The van der Waals surface area contributed by atoms with Crippen molar-refractivity contribution in [3.8, 4) is 0 Å². The minimum absolute atomic E-state index is 0.753. The first-order valence-electron chi connectivity index (χ1n) is 10.2.